The second-order valence-corrected chi connectivity index (χ2v) is 4.08. The van der Waals surface area contributed by atoms with Crippen LogP contribution in [0.15, 0.2) is 23.5 Å². The van der Waals surface area contributed by atoms with Gasteiger partial charge in [-0.1, -0.05) is 6.08 Å². The van der Waals surface area contributed by atoms with Crippen LogP contribution in [0.2, 0.25) is 0 Å². The zero-order chi connectivity index (χ0) is 13.7. The van der Waals surface area contributed by atoms with E-state index in [9.17, 15) is 9.59 Å². The molecule has 1 heterocycles. The Kier molecular flexibility index (Phi) is 4.89. The minimum Gasteiger partial charge on any atom is -0.462 e. The van der Waals surface area contributed by atoms with Crippen LogP contribution in [0, 0.1) is 13.8 Å². The molecule has 0 aliphatic heterocycles. The highest BCUT2D eigenvalue weighted by Crippen LogP contribution is 2.13. The van der Waals surface area contributed by atoms with E-state index in [0.29, 0.717) is 36.4 Å². The fraction of sp³-hybridized carbons (Fsp3) is 0.429. The van der Waals surface area contributed by atoms with E-state index >= 15 is 0 Å². The number of carbonyl (C=O) groups excluding carboxylic acids is 1. The van der Waals surface area contributed by atoms with Gasteiger partial charge in [-0.25, -0.2) is 4.79 Å². The summed E-state index contributed by atoms with van der Waals surface area (Å²) in [5.74, 6) is -0.375. The molecule has 1 aromatic rings. The van der Waals surface area contributed by atoms with Crippen molar-refractivity contribution in [1.29, 1.82) is 0 Å². The van der Waals surface area contributed by atoms with E-state index < -0.39 is 0 Å². The number of carbonyl (C=O) groups is 1. The molecular formula is C14H19NO3. The second kappa shape index (κ2) is 6.19. The van der Waals surface area contributed by atoms with Crippen LogP contribution in [0.5, 0.6) is 0 Å². The van der Waals surface area contributed by atoms with Crippen LogP contribution in [-0.2, 0) is 11.3 Å². The molecule has 0 amide bonds. The Balaban J connectivity index is 3.30. The average molecular weight is 249 g/mol. The molecule has 4 heteroatoms. The number of aryl methyl sites for hydroxylation is 1. The van der Waals surface area contributed by atoms with Crippen LogP contribution < -0.4 is 5.56 Å². The first-order chi connectivity index (χ1) is 8.52. The van der Waals surface area contributed by atoms with Gasteiger partial charge in [0.2, 0.25) is 0 Å². The molecule has 0 aromatic carbocycles. The maximum absolute atomic E-state index is 11.9. The lowest BCUT2D eigenvalue weighted by Gasteiger charge is -2.14. The normalized spacial score (nSPS) is 10.2. The predicted molar refractivity (Wildman–Crippen MR) is 70.9 cm³/mol. The number of esters is 1. The number of hydrogen-bond donors (Lipinski definition) is 0. The zero-order valence-corrected chi connectivity index (χ0v) is 11.2. The SMILES string of the molecule is C=CCCn1c(C)c(C(=O)OCC)c(C)cc1=O. The van der Waals surface area contributed by atoms with E-state index in [1.807, 2.05) is 0 Å². The molecule has 0 unspecified atom stereocenters. The number of allylic oxidation sites excluding steroid dienone is 1. The van der Waals surface area contributed by atoms with E-state index in [1.54, 1.807) is 31.4 Å². The fourth-order valence-electron chi connectivity index (χ4n) is 1.93. The van der Waals surface area contributed by atoms with Crippen molar-refractivity contribution in [3.63, 3.8) is 0 Å². The molecule has 0 saturated carbocycles. The molecule has 1 rings (SSSR count). The van der Waals surface area contributed by atoms with Gasteiger partial charge in [0.15, 0.2) is 0 Å². The van der Waals surface area contributed by atoms with Crippen molar-refractivity contribution in [1.82, 2.24) is 4.57 Å². The number of pyridine rings is 1. The summed E-state index contributed by atoms with van der Waals surface area (Å²) in [5.41, 5.74) is 1.70. The van der Waals surface area contributed by atoms with Gasteiger partial charge in [0.05, 0.1) is 12.2 Å². The van der Waals surface area contributed by atoms with Gasteiger partial charge < -0.3 is 9.30 Å². The fourth-order valence-corrected chi connectivity index (χ4v) is 1.93. The Hall–Kier alpha value is -1.84. The first-order valence-corrected chi connectivity index (χ1v) is 6.02. The minimum absolute atomic E-state index is 0.0973. The smallest absolute Gasteiger partial charge is 0.340 e. The highest BCUT2D eigenvalue weighted by atomic mass is 16.5. The molecule has 0 aliphatic rings. The molecule has 0 radical (unpaired) electrons. The third kappa shape index (κ3) is 2.88. The maximum atomic E-state index is 11.9. The molecule has 0 aliphatic carbocycles. The first kappa shape index (κ1) is 14.2. The van der Waals surface area contributed by atoms with E-state index in [4.69, 9.17) is 4.74 Å². The predicted octanol–water partition coefficient (Wildman–Crippen LogP) is 2.22. The second-order valence-electron chi connectivity index (χ2n) is 4.08. The summed E-state index contributed by atoms with van der Waals surface area (Å²) in [7, 11) is 0. The minimum atomic E-state index is -0.375. The van der Waals surface area contributed by atoms with Crippen LogP contribution in [-0.4, -0.2) is 17.1 Å². The van der Waals surface area contributed by atoms with Crippen molar-refractivity contribution >= 4 is 5.97 Å². The van der Waals surface area contributed by atoms with Crippen molar-refractivity contribution in [2.24, 2.45) is 0 Å². The van der Waals surface area contributed by atoms with Gasteiger partial charge in [0.25, 0.3) is 5.56 Å². The van der Waals surface area contributed by atoms with E-state index in [0.717, 1.165) is 0 Å². The standard InChI is InChI=1S/C14H19NO3/c1-5-7-8-15-11(4)13(14(17)18-6-2)10(3)9-12(15)16/h5,9H,1,6-8H2,2-4H3. The molecule has 0 fully saturated rings. The molecule has 98 valence electrons. The van der Waals surface area contributed by atoms with E-state index in [1.165, 1.54) is 6.07 Å². The zero-order valence-electron chi connectivity index (χ0n) is 11.2. The van der Waals surface area contributed by atoms with Crippen molar-refractivity contribution in [3.8, 4) is 0 Å². The average Bonchev–Trinajstić information content (AvgIpc) is 2.28. The number of rotatable bonds is 5. The quantitative estimate of drug-likeness (QED) is 0.594. The van der Waals surface area contributed by atoms with Crippen LogP contribution in [0.3, 0.4) is 0 Å². The lowest BCUT2D eigenvalue weighted by Crippen LogP contribution is -2.26. The van der Waals surface area contributed by atoms with Crippen LogP contribution in [0.4, 0.5) is 0 Å². The van der Waals surface area contributed by atoms with Gasteiger partial charge in [-0.05, 0) is 32.8 Å². The lowest BCUT2D eigenvalue weighted by atomic mass is 10.1. The topological polar surface area (TPSA) is 48.3 Å². The largest absolute Gasteiger partial charge is 0.462 e. The molecule has 0 atom stereocenters. The Morgan fingerprint density at radius 3 is 2.72 bits per heavy atom. The number of nitrogens with zero attached hydrogens (tertiary/aromatic N) is 1. The van der Waals surface area contributed by atoms with Crippen LogP contribution >= 0.6 is 0 Å². The summed E-state index contributed by atoms with van der Waals surface area (Å²) in [5, 5.41) is 0. The third-order valence-electron chi connectivity index (χ3n) is 2.80. The Labute approximate surface area is 107 Å². The number of hydrogen-bond acceptors (Lipinski definition) is 3. The van der Waals surface area contributed by atoms with Gasteiger partial charge in [0.1, 0.15) is 0 Å². The Morgan fingerprint density at radius 1 is 1.50 bits per heavy atom. The molecular weight excluding hydrogens is 230 g/mol. The summed E-state index contributed by atoms with van der Waals surface area (Å²) in [4.78, 5) is 23.7. The van der Waals surface area contributed by atoms with Gasteiger partial charge in [-0.3, -0.25) is 4.79 Å². The summed E-state index contributed by atoms with van der Waals surface area (Å²) in [6.07, 6.45) is 2.43. The number of aromatic nitrogens is 1. The monoisotopic (exact) mass is 249 g/mol. The first-order valence-electron chi connectivity index (χ1n) is 6.02. The van der Waals surface area contributed by atoms with Crippen molar-refractivity contribution in [2.45, 2.75) is 33.7 Å². The highest BCUT2D eigenvalue weighted by Gasteiger charge is 2.17. The molecule has 0 spiro atoms. The van der Waals surface area contributed by atoms with Gasteiger partial charge >= 0.3 is 5.97 Å². The lowest BCUT2D eigenvalue weighted by molar-refractivity contribution is 0.0523. The summed E-state index contributed by atoms with van der Waals surface area (Å²) in [6, 6.07) is 1.47. The molecule has 0 N–H and O–H groups in total. The van der Waals surface area contributed by atoms with Gasteiger partial charge in [-0.15, -0.1) is 6.58 Å². The Bertz CT molecular complexity index is 515. The highest BCUT2D eigenvalue weighted by molar-refractivity contribution is 5.92. The summed E-state index contributed by atoms with van der Waals surface area (Å²) in [6.45, 7) is 9.76. The molecule has 0 saturated heterocycles. The van der Waals surface area contributed by atoms with E-state index in [-0.39, 0.29) is 11.5 Å². The Morgan fingerprint density at radius 2 is 2.17 bits per heavy atom. The van der Waals surface area contributed by atoms with Crippen molar-refractivity contribution < 1.29 is 9.53 Å². The summed E-state index contributed by atoms with van der Waals surface area (Å²) < 4.78 is 6.60. The third-order valence-corrected chi connectivity index (χ3v) is 2.80. The van der Waals surface area contributed by atoms with Crippen LogP contribution in [0.1, 0.15) is 35.0 Å². The van der Waals surface area contributed by atoms with E-state index in [2.05, 4.69) is 6.58 Å². The molecule has 0 bridgehead atoms. The van der Waals surface area contributed by atoms with Gasteiger partial charge in [0, 0.05) is 18.3 Å². The maximum Gasteiger partial charge on any atom is 0.340 e. The van der Waals surface area contributed by atoms with Crippen LogP contribution in [0.25, 0.3) is 0 Å². The molecule has 4 nitrogen and oxygen atoms in total. The van der Waals surface area contributed by atoms with Crippen molar-refractivity contribution in [3.05, 3.63) is 45.9 Å². The molecule has 18 heavy (non-hydrogen) atoms. The number of ether oxygens (including phenoxy) is 1. The van der Waals surface area contributed by atoms with Gasteiger partial charge in [-0.2, -0.15) is 0 Å². The van der Waals surface area contributed by atoms with Crippen molar-refractivity contribution in [2.75, 3.05) is 6.61 Å². The summed E-state index contributed by atoms with van der Waals surface area (Å²) >= 11 is 0. The molecule has 1 aromatic heterocycles.